The average molecular weight is 507 g/mol. The molecule has 0 aliphatic heterocycles. The quantitative estimate of drug-likeness (QED) is 0.167. The number of carbonyl (C=O) groups is 1. The number of methoxy groups -OCH3 is 4. The fraction of sp³-hybridized carbons (Fsp3) is 0.148. The summed E-state index contributed by atoms with van der Waals surface area (Å²) in [6, 6.07) is 12.5. The van der Waals surface area contributed by atoms with Gasteiger partial charge in [0.25, 0.3) is 5.69 Å². The molecular weight excluding hydrogens is 480 g/mol. The van der Waals surface area contributed by atoms with Gasteiger partial charge < -0.3 is 29.4 Å². The summed E-state index contributed by atoms with van der Waals surface area (Å²) in [5, 5.41) is 24.1. The van der Waals surface area contributed by atoms with Crippen molar-refractivity contribution in [3.05, 3.63) is 81.4 Å². The standard InChI is InChI=1S/C27H26N2O8/c1-34-23-15-19(16-24(35-2)27(23)37-4)9-8-18-13-21(26(36-3)22(30)14-18)28-25(31)11-10-17-6-5-7-20(12-17)29(32)33/h5-16,30H,1-4H3,(H,28,31)/b9-8+,11-10+. The topological polar surface area (TPSA) is 129 Å². The molecule has 0 unspecified atom stereocenters. The Morgan fingerprint density at radius 2 is 1.46 bits per heavy atom. The van der Waals surface area contributed by atoms with Gasteiger partial charge in [-0.15, -0.1) is 0 Å². The number of nitro groups is 1. The van der Waals surface area contributed by atoms with Crippen molar-refractivity contribution in [3.8, 4) is 28.7 Å². The number of non-ortho nitro benzene ring substituents is 1. The van der Waals surface area contributed by atoms with Crippen molar-refractivity contribution < 1.29 is 33.8 Å². The second-order valence-electron chi connectivity index (χ2n) is 7.59. The van der Waals surface area contributed by atoms with Crippen LogP contribution in [-0.4, -0.2) is 44.4 Å². The second kappa shape index (κ2) is 12.1. The van der Waals surface area contributed by atoms with E-state index in [2.05, 4.69) is 5.32 Å². The molecule has 0 atom stereocenters. The van der Waals surface area contributed by atoms with E-state index in [1.54, 1.807) is 36.4 Å². The van der Waals surface area contributed by atoms with Gasteiger partial charge in [0.2, 0.25) is 11.7 Å². The van der Waals surface area contributed by atoms with E-state index in [0.717, 1.165) is 5.56 Å². The molecule has 1 amide bonds. The molecule has 3 rings (SSSR count). The minimum Gasteiger partial charge on any atom is -0.504 e. The number of hydrogen-bond donors (Lipinski definition) is 2. The molecule has 0 bridgehead atoms. The van der Waals surface area contributed by atoms with Crippen LogP contribution in [0.3, 0.4) is 0 Å². The summed E-state index contributed by atoms with van der Waals surface area (Å²) < 4.78 is 21.3. The van der Waals surface area contributed by atoms with E-state index in [-0.39, 0.29) is 22.9 Å². The molecule has 3 aromatic rings. The molecule has 0 saturated carbocycles. The van der Waals surface area contributed by atoms with Gasteiger partial charge in [0, 0.05) is 18.2 Å². The number of hydrogen-bond acceptors (Lipinski definition) is 8. The van der Waals surface area contributed by atoms with Crippen LogP contribution < -0.4 is 24.3 Å². The number of nitrogens with one attached hydrogen (secondary N) is 1. The molecule has 0 heterocycles. The summed E-state index contributed by atoms with van der Waals surface area (Å²) in [5.74, 6) is 0.835. The van der Waals surface area contributed by atoms with Gasteiger partial charge in [-0.2, -0.15) is 0 Å². The third kappa shape index (κ3) is 6.57. The Morgan fingerprint density at radius 1 is 0.838 bits per heavy atom. The number of benzene rings is 3. The zero-order chi connectivity index (χ0) is 26.9. The molecule has 37 heavy (non-hydrogen) atoms. The fourth-order valence-electron chi connectivity index (χ4n) is 3.52. The van der Waals surface area contributed by atoms with Crippen LogP contribution in [0.5, 0.6) is 28.7 Å². The van der Waals surface area contributed by atoms with Crippen molar-refractivity contribution in [2.24, 2.45) is 0 Å². The molecular formula is C27H26N2O8. The Hall–Kier alpha value is -4.99. The lowest BCUT2D eigenvalue weighted by Gasteiger charge is -2.13. The van der Waals surface area contributed by atoms with Crippen molar-refractivity contribution in [3.63, 3.8) is 0 Å². The molecule has 0 aliphatic carbocycles. The highest BCUT2D eigenvalue weighted by molar-refractivity contribution is 6.03. The lowest BCUT2D eigenvalue weighted by atomic mass is 10.1. The van der Waals surface area contributed by atoms with Gasteiger partial charge >= 0.3 is 0 Å². The monoisotopic (exact) mass is 506 g/mol. The first-order valence-electron chi connectivity index (χ1n) is 10.9. The van der Waals surface area contributed by atoms with E-state index in [0.29, 0.717) is 28.4 Å². The first kappa shape index (κ1) is 26.6. The lowest BCUT2D eigenvalue weighted by Crippen LogP contribution is -2.09. The third-order valence-corrected chi connectivity index (χ3v) is 5.22. The summed E-state index contributed by atoms with van der Waals surface area (Å²) >= 11 is 0. The number of ether oxygens (including phenoxy) is 4. The number of anilines is 1. The number of nitro benzene ring substituents is 1. The average Bonchev–Trinajstić information content (AvgIpc) is 2.90. The number of carbonyl (C=O) groups excluding carboxylic acids is 1. The molecule has 192 valence electrons. The van der Waals surface area contributed by atoms with E-state index >= 15 is 0 Å². The van der Waals surface area contributed by atoms with E-state index in [1.165, 1.54) is 64.9 Å². The molecule has 3 aromatic carbocycles. The van der Waals surface area contributed by atoms with Gasteiger partial charge in [-0.25, -0.2) is 0 Å². The minimum absolute atomic E-state index is 0.0827. The number of nitrogens with zero attached hydrogens (tertiary/aromatic N) is 1. The molecule has 0 spiro atoms. The Bertz CT molecular complexity index is 1340. The zero-order valence-electron chi connectivity index (χ0n) is 20.7. The Kier molecular flexibility index (Phi) is 8.71. The first-order chi connectivity index (χ1) is 17.8. The first-order valence-corrected chi connectivity index (χ1v) is 10.9. The summed E-state index contributed by atoms with van der Waals surface area (Å²) in [6.07, 6.45) is 6.19. The predicted molar refractivity (Wildman–Crippen MR) is 140 cm³/mol. The highest BCUT2D eigenvalue weighted by Crippen LogP contribution is 2.39. The molecule has 10 heteroatoms. The van der Waals surface area contributed by atoms with Crippen molar-refractivity contribution in [1.82, 2.24) is 0 Å². The number of amides is 1. The summed E-state index contributed by atoms with van der Waals surface area (Å²) in [5.41, 5.74) is 1.96. The maximum absolute atomic E-state index is 12.5. The Labute approximate surface area is 213 Å². The van der Waals surface area contributed by atoms with Crippen LogP contribution >= 0.6 is 0 Å². The largest absolute Gasteiger partial charge is 0.504 e. The lowest BCUT2D eigenvalue weighted by molar-refractivity contribution is -0.384. The third-order valence-electron chi connectivity index (χ3n) is 5.22. The van der Waals surface area contributed by atoms with Gasteiger partial charge in [0.1, 0.15) is 0 Å². The van der Waals surface area contributed by atoms with Gasteiger partial charge in [-0.1, -0.05) is 24.3 Å². The minimum atomic E-state index is -0.519. The van der Waals surface area contributed by atoms with Crippen LogP contribution in [-0.2, 0) is 4.79 Å². The number of aromatic hydroxyl groups is 1. The van der Waals surface area contributed by atoms with Crippen LogP contribution in [0, 0.1) is 10.1 Å². The highest BCUT2D eigenvalue weighted by atomic mass is 16.6. The van der Waals surface area contributed by atoms with E-state index in [1.807, 2.05) is 0 Å². The Balaban J connectivity index is 1.86. The predicted octanol–water partition coefficient (Wildman–Crippen LogP) is 5.16. The highest BCUT2D eigenvalue weighted by Gasteiger charge is 2.14. The van der Waals surface area contributed by atoms with Crippen molar-refractivity contribution in [2.75, 3.05) is 33.8 Å². The van der Waals surface area contributed by atoms with Crippen LogP contribution in [0.1, 0.15) is 16.7 Å². The summed E-state index contributed by atoms with van der Waals surface area (Å²) in [4.78, 5) is 23.0. The molecule has 0 aliphatic rings. The molecule has 0 radical (unpaired) electrons. The second-order valence-corrected chi connectivity index (χ2v) is 7.59. The van der Waals surface area contributed by atoms with E-state index in [4.69, 9.17) is 18.9 Å². The van der Waals surface area contributed by atoms with Crippen molar-refractivity contribution >= 4 is 35.5 Å². The van der Waals surface area contributed by atoms with Crippen LogP contribution in [0.4, 0.5) is 11.4 Å². The zero-order valence-corrected chi connectivity index (χ0v) is 20.7. The summed E-state index contributed by atoms with van der Waals surface area (Å²) in [6.45, 7) is 0. The fourth-order valence-corrected chi connectivity index (χ4v) is 3.52. The van der Waals surface area contributed by atoms with E-state index < -0.39 is 10.8 Å². The molecule has 0 fully saturated rings. The molecule has 10 nitrogen and oxygen atoms in total. The molecule has 2 N–H and O–H groups in total. The van der Waals surface area contributed by atoms with E-state index in [9.17, 15) is 20.0 Å². The van der Waals surface area contributed by atoms with Gasteiger partial charge in [0.15, 0.2) is 23.0 Å². The van der Waals surface area contributed by atoms with Gasteiger partial charge in [-0.3, -0.25) is 14.9 Å². The maximum atomic E-state index is 12.5. The SMILES string of the molecule is COc1cc(/C=C/c2cc(O)c(OC)c(NC(=O)/C=C/c3cccc([N+](=O)[O-])c3)c2)cc(OC)c1OC. The van der Waals surface area contributed by atoms with Crippen LogP contribution in [0.15, 0.2) is 54.6 Å². The smallest absolute Gasteiger partial charge is 0.270 e. The van der Waals surface area contributed by atoms with Crippen LogP contribution in [0.2, 0.25) is 0 Å². The Morgan fingerprint density at radius 3 is 2.03 bits per heavy atom. The van der Waals surface area contributed by atoms with Gasteiger partial charge in [-0.05, 0) is 47.0 Å². The normalized spacial score (nSPS) is 10.9. The molecule has 0 aromatic heterocycles. The number of phenolic OH excluding ortho intramolecular Hbond substituents is 1. The van der Waals surface area contributed by atoms with Gasteiger partial charge in [0.05, 0.1) is 39.0 Å². The number of rotatable bonds is 10. The van der Waals surface area contributed by atoms with Crippen LogP contribution in [0.25, 0.3) is 18.2 Å². The van der Waals surface area contributed by atoms with Crippen molar-refractivity contribution in [2.45, 2.75) is 0 Å². The maximum Gasteiger partial charge on any atom is 0.270 e. The summed E-state index contributed by atoms with van der Waals surface area (Å²) in [7, 11) is 5.93. The number of phenols is 1. The van der Waals surface area contributed by atoms with Crippen molar-refractivity contribution in [1.29, 1.82) is 0 Å². The molecule has 0 saturated heterocycles.